The van der Waals surface area contributed by atoms with Gasteiger partial charge in [0.05, 0.1) is 0 Å². The lowest BCUT2D eigenvalue weighted by molar-refractivity contribution is 0.668. The highest BCUT2D eigenvalue weighted by molar-refractivity contribution is 6.12. The van der Waals surface area contributed by atoms with Gasteiger partial charge in [0.15, 0.2) is 0 Å². The predicted molar refractivity (Wildman–Crippen MR) is 255 cm³/mol. The van der Waals surface area contributed by atoms with Crippen LogP contribution in [0.15, 0.2) is 233 Å². The smallest absolute Gasteiger partial charge is 0.136 e. The van der Waals surface area contributed by atoms with Crippen molar-refractivity contribution in [3.63, 3.8) is 0 Å². The number of hydrogen-bond acceptors (Lipinski definition) is 3. The number of furan rings is 2. The van der Waals surface area contributed by atoms with Crippen molar-refractivity contribution >= 4 is 71.7 Å². The highest BCUT2D eigenvalue weighted by Gasteiger charge is 2.17. The van der Waals surface area contributed by atoms with Gasteiger partial charge < -0.3 is 13.7 Å². The van der Waals surface area contributed by atoms with Crippen LogP contribution in [0.4, 0.5) is 17.1 Å². The van der Waals surface area contributed by atoms with Crippen molar-refractivity contribution in [3.05, 3.63) is 224 Å². The van der Waals surface area contributed by atoms with E-state index in [-0.39, 0.29) is 0 Å². The summed E-state index contributed by atoms with van der Waals surface area (Å²) < 4.78 is 12.4. The van der Waals surface area contributed by atoms with E-state index in [9.17, 15) is 0 Å². The lowest BCUT2D eigenvalue weighted by Crippen LogP contribution is -2.09. The van der Waals surface area contributed by atoms with Crippen LogP contribution in [0, 0.1) is 0 Å². The fourth-order valence-electron chi connectivity index (χ4n) is 9.11. The molecule has 286 valence electrons. The van der Waals surface area contributed by atoms with Crippen LogP contribution in [0.1, 0.15) is 0 Å². The first-order valence-corrected chi connectivity index (χ1v) is 20.7. The Morgan fingerprint density at radius 3 is 1.48 bits per heavy atom. The summed E-state index contributed by atoms with van der Waals surface area (Å²) >= 11 is 0. The summed E-state index contributed by atoms with van der Waals surface area (Å²) in [6.45, 7) is 0. The molecule has 0 saturated carbocycles. The van der Waals surface area contributed by atoms with Gasteiger partial charge in [0, 0.05) is 38.6 Å². The minimum atomic E-state index is 0.896. The second-order valence-corrected chi connectivity index (χ2v) is 15.7. The fourth-order valence-corrected chi connectivity index (χ4v) is 9.11. The molecule has 0 radical (unpaired) electrons. The van der Waals surface area contributed by atoms with Crippen LogP contribution in [0.25, 0.3) is 99.2 Å². The number of nitrogens with zero attached hydrogens (tertiary/aromatic N) is 1. The zero-order chi connectivity index (χ0) is 40.3. The number of para-hydroxylation sites is 2. The molecule has 10 aromatic carbocycles. The molecule has 3 heteroatoms. The van der Waals surface area contributed by atoms with Crippen LogP contribution >= 0.6 is 0 Å². The van der Waals surface area contributed by atoms with Crippen molar-refractivity contribution in [1.29, 1.82) is 0 Å². The number of hydrogen-bond donors (Lipinski definition) is 0. The van der Waals surface area contributed by atoms with Gasteiger partial charge in [0.25, 0.3) is 0 Å². The lowest BCUT2D eigenvalue weighted by atomic mass is 9.95. The van der Waals surface area contributed by atoms with Crippen molar-refractivity contribution in [1.82, 2.24) is 0 Å². The quantitative estimate of drug-likeness (QED) is 0.161. The van der Waals surface area contributed by atoms with Gasteiger partial charge >= 0.3 is 0 Å². The summed E-state index contributed by atoms with van der Waals surface area (Å²) in [4.78, 5) is 2.34. The van der Waals surface area contributed by atoms with E-state index in [0.717, 1.165) is 83.2 Å². The molecule has 0 bridgehead atoms. The van der Waals surface area contributed by atoms with E-state index >= 15 is 0 Å². The molecule has 0 unspecified atom stereocenters. The van der Waals surface area contributed by atoms with Crippen LogP contribution in [0.5, 0.6) is 0 Å². The van der Waals surface area contributed by atoms with Crippen molar-refractivity contribution < 1.29 is 8.83 Å². The summed E-state index contributed by atoms with van der Waals surface area (Å²) in [5.74, 6) is 0. The number of anilines is 3. The van der Waals surface area contributed by atoms with Crippen molar-refractivity contribution in [3.8, 4) is 44.5 Å². The average Bonchev–Trinajstić information content (AvgIpc) is 3.91. The van der Waals surface area contributed by atoms with Gasteiger partial charge in [0.2, 0.25) is 0 Å². The molecule has 0 atom stereocenters. The van der Waals surface area contributed by atoms with Crippen LogP contribution in [-0.2, 0) is 0 Å². The van der Waals surface area contributed by atoms with Gasteiger partial charge in [-0.25, -0.2) is 0 Å². The second kappa shape index (κ2) is 14.3. The molecule has 12 aromatic rings. The van der Waals surface area contributed by atoms with Crippen molar-refractivity contribution in [2.24, 2.45) is 0 Å². The molecule has 0 spiro atoms. The van der Waals surface area contributed by atoms with E-state index < -0.39 is 0 Å². The molecule has 12 rings (SSSR count). The topological polar surface area (TPSA) is 29.5 Å². The monoisotopic (exact) mass is 779 g/mol. The van der Waals surface area contributed by atoms with Gasteiger partial charge in [-0.05, 0) is 128 Å². The van der Waals surface area contributed by atoms with E-state index in [2.05, 4.69) is 205 Å². The molecule has 0 fully saturated rings. The Balaban J connectivity index is 0.926. The second-order valence-electron chi connectivity index (χ2n) is 15.7. The minimum absolute atomic E-state index is 0.896. The lowest BCUT2D eigenvalue weighted by Gasteiger charge is -2.26. The molecule has 0 aliphatic rings. The van der Waals surface area contributed by atoms with Gasteiger partial charge in [-0.1, -0.05) is 152 Å². The minimum Gasteiger partial charge on any atom is -0.456 e. The standard InChI is InChI=1S/C58H37NO2/c1-2-14-48-40(10-1)11-8-17-49(48)44-13-7-12-42(36-44)38-22-29-45(30-23-38)59(46-31-24-39(25-32-46)43-28-35-56-53(37-43)51-15-3-5-19-54(51)60-56)47-33-26-41(27-34-47)50-18-9-21-57-58(50)52-16-4-6-20-55(52)61-57/h1-37H. The maximum Gasteiger partial charge on any atom is 0.136 e. The first-order chi connectivity index (χ1) is 30.2. The van der Waals surface area contributed by atoms with Crippen LogP contribution in [-0.4, -0.2) is 0 Å². The zero-order valence-electron chi connectivity index (χ0n) is 33.1. The Hall–Kier alpha value is -8.14. The van der Waals surface area contributed by atoms with Gasteiger partial charge in [-0.2, -0.15) is 0 Å². The third-order valence-electron chi connectivity index (χ3n) is 12.1. The Labute approximate surface area is 353 Å². The molecule has 0 saturated heterocycles. The fraction of sp³-hybridized carbons (Fsp3) is 0. The molecule has 61 heavy (non-hydrogen) atoms. The van der Waals surface area contributed by atoms with Crippen LogP contribution in [0.3, 0.4) is 0 Å². The number of fused-ring (bicyclic) bond motifs is 7. The van der Waals surface area contributed by atoms with E-state index in [1.54, 1.807) is 0 Å². The molecule has 0 N–H and O–H groups in total. The van der Waals surface area contributed by atoms with E-state index in [1.807, 2.05) is 24.3 Å². The molecule has 0 aliphatic carbocycles. The Morgan fingerprint density at radius 2 is 0.738 bits per heavy atom. The van der Waals surface area contributed by atoms with E-state index in [4.69, 9.17) is 8.83 Å². The van der Waals surface area contributed by atoms with Gasteiger partial charge in [-0.15, -0.1) is 0 Å². The first kappa shape index (κ1) is 34.9. The Kier molecular flexibility index (Phi) is 8.17. The third-order valence-corrected chi connectivity index (χ3v) is 12.1. The molecular weight excluding hydrogens is 743 g/mol. The normalized spacial score (nSPS) is 11.6. The van der Waals surface area contributed by atoms with Crippen LogP contribution < -0.4 is 4.90 Å². The highest BCUT2D eigenvalue weighted by Crippen LogP contribution is 2.41. The summed E-state index contributed by atoms with van der Waals surface area (Å²) in [5.41, 5.74) is 16.2. The molecule has 2 aromatic heterocycles. The SMILES string of the molecule is c1cc(-c2ccc(N(c3ccc(-c4ccc5oc6ccccc6c5c4)cc3)c3ccc(-c4cccc5oc6ccccc6c45)cc3)cc2)cc(-c2cccc3ccccc23)c1. The zero-order valence-corrected chi connectivity index (χ0v) is 33.1. The highest BCUT2D eigenvalue weighted by atomic mass is 16.3. The number of benzene rings is 10. The molecule has 0 amide bonds. The maximum atomic E-state index is 6.24. The summed E-state index contributed by atoms with van der Waals surface area (Å²) in [5, 5.41) is 7.03. The Morgan fingerprint density at radius 1 is 0.262 bits per heavy atom. The van der Waals surface area contributed by atoms with Gasteiger partial charge in [-0.3, -0.25) is 0 Å². The largest absolute Gasteiger partial charge is 0.456 e. The summed E-state index contributed by atoms with van der Waals surface area (Å²) in [6, 6.07) is 80.1. The molecular formula is C58H37NO2. The van der Waals surface area contributed by atoms with E-state index in [1.165, 1.54) is 33.0 Å². The van der Waals surface area contributed by atoms with Crippen LogP contribution in [0.2, 0.25) is 0 Å². The molecule has 0 aliphatic heterocycles. The third kappa shape index (κ3) is 6.06. The number of rotatable bonds is 7. The molecule has 2 heterocycles. The van der Waals surface area contributed by atoms with E-state index in [0.29, 0.717) is 0 Å². The van der Waals surface area contributed by atoms with Gasteiger partial charge in [0.1, 0.15) is 22.3 Å². The van der Waals surface area contributed by atoms with Crippen molar-refractivity contribution in [2.75, 3.05) is 4.90 Å². The average molecular weight is 780 g/mol. The summed E-state index contributed by atoms with van der Waals surface area (Å²) in [7, 11) is 0. The Bertz CT molecular complexity index is 3570. The summed E-state index contributed by atoms with van der Waals surface area (Å²) in [6.07, 6.45) is 0. The van der Waals surface area contributed by atoms with Crippen molar-refractivity contribution in [2.45, 2.75) is 0 Å². The predicted octanol–water partition coefficient (Wildman–Crippen LogP) is 16.8. The maximum absolute atomic E-state index is 6.24. The molecule has 3 nitrogen and oxygen atoms in total. The first-order valence-electron chi connectivity index (χ1n) is 20.7.